The number of ether oxygens (including phenoxy) is 3. The Kier molecular flexibility index (Phi) is 23.0. The molecule has 0 aliphatic carbocycles. The lowest BCUT2D eigenvalue weighted by atomic mass is 10.0. The molecule has 0 bridgehead atoms. The van der Waals surface area contributed by atoms with E-state index in [1.807, 2.05) is 117 Å². The Hall–Kier alpha value is -9.51. The van der Waals surface area contributed by atoms with Crippen LogP contribution in [0, 0.1) is 41.5 Å². The van der Waals surface area contributed by atoms with Crippen molar-refractivity contribution in [3.05, 3.63) is 193 Å². The summed E-state index contributed by atoms with van der Waals surface area (Å²) in [6.45, 7) is 19.7. The summed E-state index contributed by atoms with van der Waals surface area (Å²) in [6.07, 6.45) is 21.4. The number of fused-ring (bicyclic) bond motifs is 3. The molecule has 108 heavy (non-hydrogen) atoms. The molecule has 3 atom stereocenters. The van der Waals surface area contributed by atoms with Crippen LogP contribution in [0.1, 0.15) is 199 Å². The van der Waals surface area contributed by atoms with Gasteiger partial charge in [0.15, 0.2) is 29.5 Å². The molecule has 9 aromatic rings. The average molecular weight is 1520 g/mol. The van der Waals surface area contributed by atoms with Crippen LogP contribution in [-0.4, -0.2) is 126 Å². The minimum Gasteiger partial charge on any atom is -0.374 e. The molecule has 3 N–H and O–H groups in total. The van der Waals surface area contributed by atoms with Crippen LogP contribution in [0.15, 0.2) is 121 Å². The van der Waals surface area contributed by atoms with Gasteiger partial charge in [-0.2, -0.15) is 0 Å². The molecule has 3 fully saturated rings. The van der Waals surface area contributed by atoms with Crippen LogP contribution in [0.25, 0.3) is 0 Å². The second-order valence-electron chi connectivity index (χ2n) is 29.1. The zero-order valence-corrected chi connectivity index (χ0v) is 65.8. The minimum absolute atomic E-state index is 0.0728. The minimum atomic E-state index is -3.49. The zero-order chi connectivity index (χ0) is 76.3. The third-order valence-electron chi connectivity index (χ3n) is 20.0. The first-order chi connectivity index (χ1) is 51.5. The van der Waals surface area contributed by atoms with Crippen LogP contribution < -0.4 is 16.0 Å². The summed E-state index contributed by atoms with van der Waals surface area (Å²) in [6, 6.07) is 22.4. The Morgan fingerprint density at radius 2 is 0.620 bits per heavy atom. The number of sulfone groups is 3. The molecular formula is C81H93N15O9S3. The third kappa shape index (κ3) is 18.4. The van der Waals surface area contributed by atoms with Crippen LogP contribution in [0.2, 0.25) is 0 Å². The van der Waals surface area contributed by atoms with Gasteiger partial charge in [-0.1, -0.05) is 18.2 Å². The standard InChI is InChI=1S/3C27H31N5O3S/c3*1-16-11-23-27(29-16)24(14-20(31-23)13-21-15-28-17(2)18(3)30-21)32-22-9-8-19(12-26(22)36(4,33)34)25-7-5-6-10-35-25/h3*8-9,12,14-15,25H,5-7,10-11,13H2,1-4H3,(H,31,32)/t2*25-;/m10./s1. The van der Waals surface area contributed by atoms with Gasteiger partial charge >= 0.3 is 0 Å². The van der Waals surface area contributed by atoms with Gasteiger partial charge in [-0.3, -0.25) is 59.8 Å². The normalized spacial score (nSPS) is 17.6. The van der Waals surface area contributed by atoms with Gasteiger partial charge in [0.1, 0.15) is 17.1 Å². The monoisotopic (exact) mass is 1520 g/mol. The summed E-state index contributed by atoms with van der Waals surface area (Å²) < 4.78 is 94.5. The predicted octanol–water partition coefficient (Wildman–Crippen LogP) is 15.3. The molecule has 15 rings (SSSR count). The maximum Gasteiger partial charge on any atom is 0.177 e. The van der Waals surface area contributed by atoms with E-state index in [0.29, 0.717) is 75.4 Å². The summed E-state index contributed by atoms with van der Waals surface area (Å²) in [5.74, 6) is 0. The number of anilines is 6. The first-order valence-electron chi connectivity index (χ1n) is 36.8. The molecule has 24 nitrogen and oxygen atoms in total. The van der Waals surface area contributed by atoms with Crippen molar-refractivity contribution in [1.82, 2.24) is 44.9 Å². The van der Waals surface area contributed by atoms with Crippen molar-refractivity contribution in [1.29, 1.82) is 0 Å². The number of rotatable bonds is 18. The molecule has 0 amide bonds. The number of aliphatic imine (C=N–C) groups is 3. The van der Waals surface area contributed by atoms with E-state index >= 15 is 0 Å². The quantitative estimate of drug-likeness (QED) is 0.0718. The first-order valence-corrected chi connectivity index (χ1v) is 42.5. The predicted molar refractivity (Wildman–Crippen MR) is 421 cm³/mol. The van der Waals surface area contributed by atoms with E-state index in [0.717, 1.165) is 211 Å². The Labute approximate surface area is 633 Å². The fourth-order valence-corrected chi connectivity index (χ4v) is 16.7. The van der Waals surface area contributed by atoms with Gasteiger partial charge in [-0.15, -0.1) is 0 Å². The molecule has 0 radical (unpaired) electrons. The average Bonchev–Trinajstić information content (AvgIpc) is 0.969. The molecule has 0 saturated carbocycles. The smallest absolute Gasteiger partial charge is 0.177 e. The second kappa shape index (κ2) is 32.4. The number of nitrogens with zero attached hydrogens (tertiary/aromatic N) is 12. The number of nitrogens with one attached hydrogen (secondary N) is 3. The Morgan fingerprint density at radius 1 is 0.343 bits per heavy atom. The Bertz CT molecular complexity index is 4910. The molecule has 3 saturated heterocycles. The van der Waals surface area contributed by atoms with Gasteiger partial charge in [-0.05, 0) is 191 Å². The van der Waals surface area contributed by atoms with E-state index in [-0.39, 0.29) is 33.0 Å². The largest absolute Gasteiger partial charge is 0.374 e. The van der Waals surface area contributed by atoms with E-state index in [4.69, 9.17) is 44.1 Å². The fraction of sp³-hybridized carbons (Fsp3) is 0.407. The Morgan fingerprint density at radius 3 is 0.861 bits per heavy atom. The number of aryl methyl sites for hydroxylation is 6. The summed E-state index contributed by atoms with van der Waals surface area (Å²) in [7, 11) is -10.5. The van der Waals surface area contributed by atoms with Crippen molar-refractivity contribution < 1.29 is 39.5 Å². The molecule has 3 aromatic carbocycles. The van der Waals surface area contributed by atoms with E-state index in [1.54, 1.807) is 36.8 Å². The molecule has 0 spiro atoms. The summed E-state index contributed by atoms with van der Waals surface area (Å²) in [4.78, 5) is 56.6. The van der Waals surface area contributed by atoms with Gasteiger partial charge in [0, 0.05) is 130 Å². The highest BCUT2D eigenvalue weighted by Crippen LogP contribution is 2.44. The fourth-order valence-electron chi connectivity index (χ4n) is 14.1. The highest BCUT2D eigenvalue weighted by atomic mass is 32.2. The highest BCUT2D eigenvalue weighted by molar-refractivity contribution is 7.91. The van der Waals surface area contributed by atoms with Crippen LogP contribution in [0.3, 0.4) is 0 Å². The second-order valence-corrected chi connectivity index (χ2v) is 35.0. The Balaban J connectivity index is 0.000000143. The lowest BCUT2D eigenvalue weighted by Gasteiger charge is -2.24. The summed E-state index contributed by atoms with van der Waals surface area (Å²) >= 11 is 0. The van der Waals surface area contributed by atoms with Gasteiger partial charge in [0.2, 0.25) is 0 Å². The lowest BCUT2D eigenvalue weighted by molar-refractivity contribution is 0.0147. The molecule has 27 heteroatoms. The molecule has 12 heterocycles. The van der Waals surface area contributed by atoms with Crippen LogP contribution in [-0.2, 0) is 82.2 Å². The van der Waals surface area contributed by atoms with Crippen molar-refractivity contribution in [3.8, 4) is 0 Å². The number of pyridine rings is 3. The van der Waals surface area contributed by atoms with E-state index in [1.165, 1.54) is 18.8 Å². The zero-order valence-electron chi connectivity index (χ0n) is 63.4. The first kappa shape index (κ1) is 76.7. The topological polar surface area (TPSA) is 319 Å². The molecule has 564 valence electrons. The molecular weight excluding hydrogens is 1420 g/mol. The van der Waals surface area contributed by atoms with Crippen molar-refractivity contribution in [3.63, 3.8) is 0 Å². The van der Waals surface area contributed by atoms with Crippen molar-refractivity contribution in [2.24, 2.45) is 15.0 Å². The van der Waals surface area contributed by atoms with Crippen molar-refractivity contribution >= 4 is 97.8 Å². The number of hydrogen-bond donors (Lipinski definition) is 3. The van der Waals surface area contributed by atoms with Crippen LogP contribution in [0.4, 0.5) is 51.2 Å². The van der Waals surface area contributed by atoms with Crippen LogP contribution in [0.5, 0.6) is 0 Å². The van der Waals surface area contributed by atoms with Crippen molar-refractivity contribution in [2.75, 3.05) is 54.5 Å². The highest BCUT2D eigenvalue weighted by Gasteiger charge is 2.29. The van der Waals surface area contributed by atoms with Crippen molar-refractivity contribution in [2.45, 2.75) is 192 Å². The van der Waals surface area contributed by atoms with Crippen LogP contribution >= 0.6 is 0 Å². The maximum atomic E-state index is 12.8. The molecule has 6 aliphatic heterocycles. The summed E-state index contributed by atoms with van der Waals surface area (Å²) in [5, 5.41) is 10.1. The van der Waals surface area contributed by atoms with Gasteiger partial charge < -0.3 is 30.2 Å². The SMILES string of the molecule is CC1=Nc2c(Nc3ccc(C4CCCCO4)cc3S(C)(=O)=O)cc(Cc3cnc(C)c(C)n3)nc2C1.CC1=Nc2c(Nc3ccc([C@@H]4CCCCO4)cc3S(C)(=O)=O)cc(Cc3cnc(C)c(C)n3)nc2C1.CC1=Nc2c(Nc3ccc([C@H]4CCCCO4)cc3S(C)(=O)=O)cc(Cc3cnc(C)c(C)n3)nc2C1. The lowest BCUT2D eigenvalue weighted by Crippen LogP contribution is -2.13. The number of hydrogen-bond acceptors (Lipinski definition) is 24. The van der Waals surface area contributed by atoms with E-state index in [2.05, 4.69) is 45.9 Å². The van der Waals surface area contributed by atoms with Gasteiger partial charge in [0.05, 0.1) is 135 Å². The third-order valence-corrected chi connectivity index (χ3v) is 23.4. The molecule has 6 aliphatic rings. The molecule has 1 unspecified atom stereocenters. The summed E-state index contributed by atoms with van der Waals surface area (Å²) in [5.41, 5.74) is 24.6. The van der Waals surface area contributed by atoms with E-state index < -0.39 is 29.5 Å². The van der Waals surface area contributed by atoms with Gasteiger partial charge in [0.25, 0.3) is 0 Å². The van der Waals surface area contributed by atoms with E-state index in [9.17, 15) is 25.3 Å². The maximum absolute atomic E-state index is 12.8. The molecule has 6 aromatic heterocycles. The van der Waals surface area contributed by atoms with Gasteiger partial charge in [-0.25, -0.2) is 25.3 Å². The number of aromatic nitrogens is 9. The number of benzene rings is 3.